The Bertz CT molecular complexity index is 1300. The summed E-state index contributed by atoms with van der Waals surface area (Å²) >= 11 is 4.88. The molecule has 0 aliphatic carbocycles. The highest BCUT2D eigenvalue weighted by atomic mass is 79.9. The second-order valence-corrected chi connectivity index (χ2v) is 9.12. The van der Waals surface area contributed by atoms with Crippen LogP contribution < -0.4 is 5.32 Å². The standard InChI is InChI=1S/C25H21BrN2O3S/c1-3-17-13-20(25(30)31-4-2)24(32-17)28-23(29)19-14-22(15-8-6-5-7-9-15)27-21-11-10-16(26)12-18(19)21/h5-14H,3-4H2,1-2H3,(H,28,29). The van der Waals surface area contributed by atoms with Gasteiger partial charge in [-0.15, -0.1) is 11.3 Å². The number of pyridine rings is 1. The van der Waals surface area contributed by atoms with Crippen molar-refractivity contribution in [3.05, 3.63) is 81.1 Å². The minimum atomic E-state index is -0.439. The Morgan fingerprint density at radius 3 is 2.53 bits per heavy atom. The number of hydrogen-bond acceptors (Lipinski definition) is 5. The lowest BCUT2D eigenvalue weighted by Crippen LogP contribution is -2.15. The second kappa shape index (κ2) is 9.63. The van der Waals surface area contributed by atoms with Crippen LogP contribution in [-0.4, -0.2) is 23.5 Å². The largest absolute Gasteiger partial charge is 0.462 e. The van der Waals surface area contributed by atoms with Crippen LogP contribution in [0.3, 0.4) is 0 Å². The molecule has 0 fully saturated rings. The number of aryl methyl sites for hydroxylation is 1. The molecular formula is C25H21BrN2O3S. The number of fused-ring (bicyclic) bond motifs is 1. The van der Waals surface area contributed by atoms with Gasteiger partial charge in [0.2, 0.25) is 0 Å². The molecule has 4 rings (SSSR count). The maximum atomic E-state index is 13.5. The van der Waals surface area contributed by atoms with E-state index in [2.05, 4.69) is 21.2 Å². The SMILES string of the molecule is CCOC(=O)c1cc(CC)sc1NC(=O)c1cc(-c2ccccc2)nc2ccc(Br)cc12. The normalized spacial score (nSPS) is 10.8. The zero-order valence-electron chi connectivity index (χ0n) is 17.6. The number of nitrogens with one attached hydrogen (secondary N) is 1. The molecule has 0 saturated heterocycles. The lowest BCUT2D eigenvalue weighted by atomic mass is 10.0. The molecular weight excluding hydrogens is 488 g/mol. The van der Waals surface area contributed by atoms with E-state index in [-0.39, 0.29) is 12.5 Å². The Labute approximate surface area is 198 Å². The fourth-order valence-electron chi connectivity index (χ4n) is 3.38. The van der Waals surface area contributed by atoms with Gasteiger partial charge in [-0.05, 0) is 43.7 Å². The number of benzene rings is 2. The lowest BCUT2D eigenvalue weighted by Gasteiger charge is -2.11. The summed E-state index contributed by atoms with van der Waals surface area (Å²) in [4.78, 5) is 31.6. The molecule has 0 saturated carbocycles. The van der Waals surface area contributed by atoms with E-state index in [9.17, 15) is 9.59 Å². The molecule has 4 aromatic rings. The number of ether oxygens (including phenoxy) is 1. The van der Waals surface area contributed by atoms with Crippen LogP contribution in [0.15, 0.2) is 65.1 Å². The quantitative estimate of drug-likeness (QED) is 0.293. The molecule has 0 aliphatic rings. The minimum Gasteiger partial charge on any atom is -0.462 e. The molecule has 2 heterocycles. The zero-order valence-corrected chi connectivity index (χ0v) is 20.0. The van der Waals surface area contributed by atoms with Crippen LogP contribution in [0.1, 0.15) is 39.4 Å². The van der Waals surface area contributed by atoms with Crippen LogP contribution in [0.25, 0.3) is 22.2 Å². The smallest absolute Gasteiger partial charge is 0.341 e. The summed E-state index contributed by atoms with van der Waals surface area (Å²) in [6.07, 6.45) is 0.760. The van der Waals surface area contributed by atoms with Gasteiger partial charge in [0.1, 0.15) is 5.00 Å². The second-order valence-electron chi connectivity index (χ2n) is 7.07. The third-order valence-electron chi connectivity index (χ3n) is 4.94. The Kier molecular flexibility index (Phi) is 6.67. The van der Waals surface area contributed by atoms with Gasteiger partial charge in [0, 0.05) is 20.3 Å². The summed E-state index contributed by atoms with van der Waals surface area (Å²) in [5.74, 6) is -0.742. The first-order chi connectivity index (χ1) is 15.5. The van der Waals surface area contributed by atoms with E-state index in [0.717, 1.165) is 26.7 Å². The molecule has 2 aromatic heterocycles. The number of carbonyl (C=O) groups is 2. The van der Waals surface area contributed by atoms with E-state index in [1.165, 1.54) is 11.3 Å². The van der Waals surface area contributed by atoms with E-state index in [1.54, 1.807) is 19.1 Å². The third-order valence-corrected chi connectivity index (χ3v) is 6.63. The Balaban J connectivity index is 1.79. The Morgan fingerprint density at radius 2 is 1.81 bits per heavy atom. The summed E-state index contributed by atoms with van der Waals surface area (Å²) in [7, 11) is 0. The van der Waals surface area contributed by atoms with Crippen molar-refractivity contribution < 1.29 is 14.3 Å². The average Bonchev–Trinajstić information content (AvgIpc) is 3.22. The van der Waals surface area contributed by atoms with Crippen molar-refractivity contribution in [2.24, 2.45) is 0 Å². The van der Waals surface area contributed by atoms with Gasteiger partial charge in [0.15, 0.2) is 0 Å². The maximum absolute atomic E-state index is 13.5. The van der Waals surface area contributed by atoms with Gasteiger partial charge in [0.05, 0.1) is 28.9 Å². The Hall–Kier alpha value is -3.03. The summed E-state index contributed by atoms with van der Waals surface area (Å²) in [5.41, 5.74) is 3.20. The predicted octanol–water partition coefficient (Wildman–Crippen LogP) is 6.72. The van der Waals surface area contributed by atoms with Gasteiger partial charge in [-0.25, -0.2) is 9.78 Å². The molecule has 1 amide bonds. The molecule has 0 bridgehead atoms. The number of halogens is 1. The average molecular weight is 509 g/mol. The van der Waals surface area contributed by atoms with E-state index in [4.69, 9.17) is 9.72 Å². The molecule has 0 spiro atoms. The fourth-order valence-corrected chi connectivity index (χ4v) is 4.72. The van der Waals surface area contributed by atoms with Crippen LogP contribution in [0.4, 0.5) is 5.00 Å². The lowest BCUT2D eigenvalue weighted by molar-refractivity contribution is 0.0528. The summed E-state index contributed by atoms with van der Waals surface area (Å²) in [6, 6.07) is 19.0. The first kappa shape index (κ1) is 22.2. The highest BCUT2D eigenvalue weighted by molar-refractivity contribution is 9.10. The van der Waals surface area contributed by atoms with E-state index in [1.807, 2.05) is 55.5 Å². The predicted molar refractivity (Wildman–Crippen MR) is 132 cm³/mol. The first-order valence-corrected chi connectivity index (χ1v) is 11.9. The number of esters is 1. The molecule has 2 aromatic carbocycles. The minimum absolute atomic E-state index is 0.271. The fraction of sp³-hybridized carbons (Fsp3) is 0.160. The van der Waals surface area contributed by atoms with Gasteiger partial charge in [-0.3, -0.25) is 4.79 Å². The summed E-state index contributed by atoms with van der Waals surface area (Å²) in [6.45, 7) is 4.04. The van der Waals surface area contributed by atoms with Crippen molar-refractivity contribution in [1.82, 2.24) is 4.98 Å². The molecule has 0 radical (unpaired) electrons. The summed E-state index contributed by atoms with van der Waals surface area (Å²) < 4.78 is 6.03. The van der Waals surface area contributed by atoms with Gasteiger partial charge in [-0.1, -0.05) is 53.2 Å². The van der Waals surface area contributed by atoms with Crippen LogP contribution in [0, 0.1) is 0 Å². The highest BCUT2D eigenvalue weighted by Crippen LogP contribution is 2.32. The number of anilines is 1. The zero-order chi connectivity index (χ0) is 22.7. The van der Waals surface area contributed by atoms with Crippen molar-refractivity contribution in [2.45, 2.75) is 20.3 Å². The molecule has 0 unspecified atom stereocenters. The number of nitrogens with zero attached hydrogens (tertiary/aromatic N) is 1. The summed E-state index contributed by atoms with van der Waals surface area (Å²) in [5, 5.41) is 4.16. The number of amides is 1. The molecule has 0 aliphatic heterocycles. The van der Waals surface area contributed by atoms with Gasteiger partial charge < -0.3 is 10.1 Å². The van der Waals surface area contributed by atoms with Gasteiger partial charge >= 0.3 is 5.97 Å². The van der Waals surface area contributed by atoms with Gasteiger partial charge in [0.25, 0.3) is 5.91 Å². The third kappa shape index (κ3) is 4.59. The van der Waals surface area contributed by atoms with Crippen molar-refractivity contribution in [3.8, 4) is 11.3 Å². The number of hydrogen-bond donors (Lipinski definition) is 1. The Morgan fingerprint density at radius 1 is 1.03 bits per heavy atom. The molecule has 1 N–H and O–H groups in total. The van der Waals surface area contributed by atoms with Crippen LogP contribution >= 0.6 is 27.3 Å². The topological polar surface area (TPSA) is 68.3 Å². The first-order valence-electron chi connectivity index (χ1n) is 10.3. The molecule has 5 nitrogen and oxygen atoms in total. The number of thiophene rings is 1. The number of aromatic nitrogens is 1. The number of carbonyl (C=O) groups excluding carboxylic acids is 2. The molecule has 0 atom stereocenters. The van der Waals surface area contributed by atoms with Crippen LogP contribution in [-0.2, 0) is 11.2 Å². The van der Waals surface area contributed by atoms with Crippen molar-refractivity contribution in [1.29, 1.82) is 0 Å². The molecule has 32 heavy (non-hydrogen) atoms. The number of rotatable bonds is 6. The van der Waals surface area contributed by atoms with Crippen molar-refractivity contribution >= 4 is 55.0 Å². The van der Waals surface area contributed by atoms with E-state index >= 15 is 0 Å². The van der Waals surface area contributed by atoms with Crippen LogP contribution in [0.5, 0.6) is 0 Å². The monoisotopic (exact) mass is 508 g/mol. The highest BCUT2D eigenvalue weighted by Gasteiger charge is 2.21. The molecule has 162 valence electrons. The van der Waals surface area contributed by atoms with Crippen molar-refractivity contribution in [3.63, 3.8) is 0 Å². The van der Waals surface area contributed by atoms with Gasteiger partial charge in [-0.2, -0.15) is 0 Å². The van der Waals surface area contributed by atoms with Crippen LogP contribution in [0.2, 0.25) is 0 Å². The maximum Gasteiger partial charge on any atom is 0.341 e. The molecule has 7 heteroatoms. The van der Waals surface area contributed by atoms with E-state index in [0.29, 0.717) is 27.3 Å². The van der Waals surface area contributed by atoms with Crippen molar-refractivity contribution in [2.75, 3.05) is 11.9 Å². The van der Waals surface area contributed by atoms with E-state index < -0.39 is 5.97 Å².